The predicted octanol–water partition coefficient (Wildman–Crippen LogP) is 2.88. The minimum absolute atomic E-state index is 0.0349. The summed E-state index contributed by atoms with van der Waals surface area (Å²) < 4.78 is 18.9. The summed E-state index contributed by atoms with van der Waals surface area (Å²) in [4.78, 5) is 15.5. The van der Waals surface area contributed by atoms with E-state index in [4.69, 9.17) is 4.74 Å². The van der Waals surface area contributed by atoms with Crippen molar-refractivity contribution in [3.63, 3.8) is 0 Å². The number of halogens is 1. The Hall–Kier alpha value is -1.88. The fourth-order valence-electron chi connectivity index (χ4n) is 3.58. The number of carbonyl (C=O) groups excluding carboxylic acids is 1. The summed E-state index contributed by atoms with van der Waals surface area (Å²) in [6.07, 6.45) is 5.64. The number of hydrogen-bond donors (Lipinski definition) is 2. The van der Waals surface area contributed by atoms with Crippen LogP contribution in [-0.2, 0) is 14.9 Å². The van der Waals surface area contributed by atoms with Crippen LogP contribution in [0.2, 0.25) is 0 Å². The number of aromatic nitrogens is 1. The van der Waals surface area contributed by atoms with E-state index in [-0.39, 0.29) is 23.1 Å². The van der Waals surface area contributed by atoms with E-state index in [9.17, 15) is 9.18 Å². The van der Waals surface area contributed by atoms with Crippen molar-refractivity contribution in [1.82, 2.24) is 10.3 Å². The molecule has 0 bridgehead atoms. The third-order valence-corrected chi connectivity index (χ3v) is 5.26. The number of ether oxygens (including phenoxy) is 1. The van der Waals surface area contributed by atoms with Crippen molar-refractivity contribution in [2.75, 3.05) is 19.8 Å². The van der Waals surface area contributed by atoms with Crippen molar-refractivity contribution >= 4 is 16.8 Å². The molecule has 0 atom stereocenters. The Labute approximate surface area is 134 Å². The molecule has 2 fully saturated rings. The van der Waals surface area contributed by atoms with Crippen LogP contribution in [0, 0.1) is 11.7 Å². The maximum atomic E-state index is 13.6. The standard InChI is InChI=1S/C18H21FN2O2/c19-13-1-2-16-14(9-13)15(10-20-16)18(5-6-18)11-21-17(22)12-3-7-23-8-4-12/h1-2,9-10,12,20H,3-8,11H2,(H,21,22). The first-order chi connectivity index (χ1) is 11.2. The zero-order chi connectivity index (χ0) is 15.9. The molecule has 4 nitrogen and oxygen atoms in total. The maximum absolute atomic E-state index is 13.6. The largest absolute Gasteiger partial charge is 0.381 e. The number of H-pyrrole nitrogens is 1. The van der Waals surface area contributed by atoms with E-state index in [1.807, 2.05) is 6.20 Å². The van der Waals surface area contributed by atoms with Gasteiger partial charge in [-0.05, 0) is 49.4 Å². The lowest BCUT2D eigenvalue weighted by molar-refractivity contribution is -0.127. The molecule has 0 unspecified atom stereocenters. The number of aromatic amines is 1. The summed E-state index contributed by atoms with van der Waals surface area (Å²) in [5.74, 6) is -0.0223. The van der Waals surface area contributed by atoms with Gasteiger partial charge in [0, 0.05) is 48.2 Å². The van der Waals surface area contributed by atoms with Crippen LogP contribution in [0.3, 0.4) is 0 Å². The molecule has 1 aromatic carbocycles. The maximum Gasteiger partial charge on any atom is 0.223 e. The van der Waals surface area contributed by atoms with E-state index in [1.54, 1.807) is 12.1 Å². The molecule has 4 rings (SSSR count). The van der Waals surface area contributed by atoms with Gasteiger partial charge in [0.25, 0.3) is 0 Å². The molecule has 1 saturated carbocycles. The molecular formula is C18H21FN2O2. The summed E-state index contributed by atoms with van der Waals surface area (Å²) in [6, 6.07) is 4.82. The fraction of sp³-hybridized carbons (Fsp3) is 0.500. The number of hydrogen-bond acceptors (Lipinski definition) is 2. The summed E-state index contributed by atoms with van der Waals surface area (Å²) in [7, 11) is 0. The van der Waals surface area contributed by atoms with Gasteiger partial charge in [-0.25, -0.2) is 4.39 Å². The molecule has 2 aromatic rings. The highest BCUT2D eigenvalue weighted by Gasteiger charge is 2.46. The van der Waals surface area contributed by atoms with Gasteiger partial charge in [-0.15, -0.1) is 0 Å². The number of rotatable bonds is 4. The Morgan fingerprint density at radius 3 is 2.87 bits per heavy atom. The Balaban J connectivity index is 1.49. The molecule has 1 saturated heterocycles. The topological polar surface area (TPSA) is 54.1 Å². The first-order valence-electron chi connectivity index (χ1n) is 8.31. The number of carbonyl (C=O) groups is 1. The van der Waals surface area contributed by atoms with Gasteiger partial charge in [0.1, 0.15) is 5.82 Å². The molecule has 1 amide bonds. The van der Waals surface area contributed by atoms with E-state index >= 15 is 0 Å². The van der Waals surface area contributed by atoms with Crippen LogP contribution in [-0.4, -0.2) is 30.6 Å². The zero-order valence-electron chi connectivity index (χ0n) is 13.0. The Morgan fingerprint density at radius 1 is 1.35 bits per heavy atom. The van der Waals surface area contributed by atoms with Crippen molar-refractivity contribution in [3.05, 3.63) is 35.8 Å². The molecule has 1 aliphatic carbocycles. The first kappa shape index (κ1) is 14.7. The van der Waals surface area contributed by atoms with Crippen LogP contribution in [0.1, 0.15) is 31.2 Å². The van der Waals surface area contributed by atoms with Crippen LogP contribution in [0.5, 0.6) is 0 Å². The molecule has 0 spiro atoms. The van der Waals surface area contributed by atoms with E-state index in [0.29, 0.717) is 19.8 Å². The Kier molecular flexibility index (Phi) is 3.60. The van der Waals surface area contributed by atoms with Crippen molar-refractivity contribution in [2.24, 2.45) is 5.92 Å². The lowest BCUT2D eigenvalue weighted by Crippen LogP contribution is -2.38. The molecule has 1 aromatic heterocycles. The summed E-state index contributed by atoms with van der Waals surface area (Å²) in [5.41, 5.74) is 2.04. The summed E-state index contributed by atoms with van der Waals surface area (Å²) >= 11 is 0. The lowest BCUT2D eigenvalue weighted by atomic mass is 9.94. The van der Waals surface area contributed by atoms with E-state index in [0.717, 1.165) is 42.1 Å². The van der Waals surface area contributed by atoms with Crippen molar-refractivity contribution in [3.8, 4) is 0 Å². The molecule has 1 aliphatic heterocycles. The molecule has 2 heterocycles. The molecule has 0 radical (unpaired) electrons. The molecule has 122 valence electrons. The van der Waals surface area contributed by atoms with Crippen LogP contribution in [0.15, 0.2) is 24.4 Å². The van der Waals surface area contributed by atoms with Gasteiger partial charge in [0.2, 0.25) is 5.91 Å². The van der Waals surface area contributed by atoms with Crippen LogP contribution in [0.4, 0.5) is 4.39 Å². The van der Waals surface area contributed by atoms with Gasteiger partial charge >= 0.3 is 0 Å². The molecule has 23 heavy (non-hydrogen) atoms. The minimum Gasteiger partial charge on any atom is -0.381 e. The molecule has 2 N–H and O–H groups in total. The van der Waals surface area contributed by atoms with Gasteiger partial charge in [-0.3, -0.25) is 4.79 Å². The molecular weight excluding hydrogens is 295 g/mol. The van der Waals surface area contributed by atoms with Crippen LogP contribution < -0.4 is 5.32 Å². The third kappa shape index (κ3) is 2.74. The second kappa shape index (κ2) is 5.64. The summed E-state index contributed by atoms with van der Waals surface area (Å²) in [5, 5.41) is 4.05. The third-order valence-electron chi connectivity index (χ3n) is 5.26. The average molecular weight is 316 g/mol. The van der Waals surface area contributed by atoms with Gasteiger partial charge < -0.3 is 15.0 Å². The van der Waals surface area contributed by atoms with Crippen LogP contribution >= 0.6 is 0 Å². The highest BCUT2D eigenvalue weighted by molar-refractivity contribution is 5.85. The number of amides is 1. The molecule has 5 heteroatoms. The number of nitrogens with one attached hydrogen (secondary N) is 2. The van der Waals surface area contributed by atoms with E-state index < -0.39 is 0 Å². The fourth-order valence-corrected chi connectivity index (χ4v) is 3.58. The monoisotopic (exact) mass is 316 g/mol. The predicted molar refractivity (Wildman–Crippen MR) is 85.7 cm³/mol. The SMILES string of the molecule is O=C(NCC1(c2c[nH]c3ccc(F)cc23)CC1)C1CCOCC1. The average Bonchev–Trinajstić information content (AvgIpc) is 3.25. The van der Waals surface area contributed by atoms with Crippen molar-refractivity contribution in [2.45, 2.75) is 31.1 Å². The van der Waals surface area contributed by atoms with E-state index in [1.165, 1.54) is 6.07 Å². The Morgan fingerprint density at radius 2 is 2.13 bits per heavy atom. The van der Waals surface area contributed by atoms with Crippen molar-refractivity contribution in [1.29, 1.82) is 0 Å². The second-order valence-electron chi connectivity index (χ2n) is 6.78. The van der Waals surface area contributed by atoms with Gasteiger partial charge in [0.15, 0.2) is 0 Å². The Bertz CT molecular complexity index is 730. The highest BCUT2D eigenvalue weighted by Crippen LogP contribution is 2.50. The smallest absolute Gasteiger partial charge is 0.223 e. The van der Waals surface area contributed by atoms with Crippen molar-refractivity contribution < 1.29 is 13.9 Å². The second-order valence-corrected chi connectivity index (χ2v) is 6.78. The number of benzene rings is 1. The lowest BCUT2D eigenvalue weighted by Gasteiger charge is -2.23. The normalized spacial score (nSPS) is 20.6. The molecule has 2 aliphatic rings. The van der Waals surface area contributed by atoms with E-state index in [2.05, 4.69) is 10.3 Å². The van der Waals surface area contributed by atoms with Gasteiger partial charge in [-0.2, -0.15) is 0 Å². The first-order valence-corrected chi connectivity index (χ1v) is 8.31. The highest BCUT2D eigenvalue weighted by atomic mass is 19.1. The quantitative estimate of drug-likeness (QED) is 0.911. The van der Waals surface area contributed by atoms with Gasteiger partial charge in [-0.1, -0.05) is 0 Å². The zero-order valence-corrected chi connectivity index (χ0v) is 13.0. The van der Waals surface area contributed by atoms with Crippen LogP contribution in [0.25, 0.3) is 10.9 Å². The minimum atomic E-state index is -0.222. The van der Waals surface area contributed by atoms with Gasteiger partial charge in [0.05, 0.1) is 0 Å². The summed E-state index contributed by atoms with van der Waals surface area (Å²) in [6.45, 7) is 1.97. The number of fused-ring (bicyclic) bond motifs is 1.